The number of thiophene rings is 1. The summed E-state index contributed by atoms with van der Waals surface area (Å²) in [5.41, 5.74) is 2.46. The Hall–Kier alpha value is -2.32. The average Bonchev–Trinajstić information content (AvgIpc) is 3.38. The summed E-state index contributed by atoms with van der Waals surface area (Å²) in [5, 5.41) is 12.2. The maximum atomic E-state index is 4.67. The van der Waals surface area contributed by atoms with Crippen molar-refractivity contribution >= 4 is 33.3 Å². The van der Waals surface area contributed by atoms with Crippen LogP contribution in [0.25, 0.3) is 21.6 Å². The molecule has 0 N–H and O–H groups in total. The predicted octanol–water partition coefficient (Wildman–Crippen LogP) is 4.96. The lowest BCUT2D eigenvalue weighted by molar-refractivity contribution is 0.509. The Balaban J connectivity index is 1.44. The molecule has 1 fully saturated rings. The van der Waals surface area contributed by atoms with E-state index in [9.17, 15) is 0 Å². The number of aryl methyl sites for hydroxylation is 1. The first-order valence-corrected chi connectivity index (χ1v) is 11.7. The summed E-state index contributed by atoms with van der Waals surface area (Å²) >= 11 is 3.47. The standard InChI is InChI=1S/C21H20N6S2/c1-12-4-7-15-16(9-12)28-19-17(15)20(24-11-23-19)29-21-26-25-18(27(21)14-5-6-14)13-3-2-8-22-10-13/h2-3,8,10-12,14H,4-7,9H2,1H3/t12-/m0/s1. The summed E-state index contributed by atoms with van der Waals surface area (Å²) in [6.45, 7) is 2.34. The van der Waals surface area contributed by atoms with Crippen molar-refractivity contribution in [2.75, 3.05) is 0 Å². The Labute approximate surface area is 176 Å². The summed E-state index contributed by atoms with van der Waals surface area (Å²) in [7, 11) is 0. The number of hydrogen-bond acceptors (Lipinski definition) is 7. The van der Waals surface area contributed by atoms with Crippen molar-refractivity contribution in [3.8, 4) is 11.4 Å². The summed E-state index contributed by atoms with van der Waals surface area (Å²) in [6.07, 6.45) is 11.2. The highest BCUT2D eigenvalue weighted by Gasteiger charge is 2.31. The molecule has 4 aromatic rings. The smallest absolute Gasteiger partial charge is 0.198 e. The van der Waals surface area contributed by atoms with Crippen molar-refractivity contribution in [1.29, 1.82) is 0 Å². The van der Waals surface area contributed by atoms with E-state index in [1.54, 1.807) is 24.3 Å². The monoisotopic (exact) mass is 420 g/mol. The van der Waals surface area contributed by atoms with E-state index in [1.165, 1.54) is 35.1 Å². The van der Waals surface area contributed by atoms with Gasteiger partial charge in [0.2, 0.25) is 0 Å². The number of nitrogens with zero attached hydrogens (tertiary/aromatic N) is 6. The van der Waals surface area contributed by atoms with E-state index in [2.05, 4.69) is 36.6 Å². The first-order valence-electron chi connectivity index (χ1n) is 10.1. The molecule has 0 spiro atoms. The fourth-order valence-corrected chi connectivity index (χ4v) is 6.54. The molecule has 6 rings (SSSR count). The molecule has 1 saturated carbocycles. The highest BCUT2D eigenvalue weighted by atomic mass is 32.2. The van der Waals surface area contributed by atoms with Gasteiger partial charge in [-0.3, -0.25) is 9.55 Å². The molecule has 0 radical (unpaired) electrons. The van der Waals surface area contributed by atoms with Gasteiger partial charge in [-0.05, 0) is 67.5 Å². The van der Waals surface area contributed by atoms with Gasteiger partial charge in [-0.2, -0.15) is 0 Å². The molecular weight excluding hydrogens is 400 g/mol. The van der Waals surface area contributed by atoms with Gasteiger partial charge in [0.25, 0.3) is 0 Å². The molecule has 0 aromatic carbocycles. The zero-order chi connectivity index (χ0) is 19.4. The van der Waals surface area contributed by atoms with Gasteiger partial charge in [0.05, 0.1) is 0 Å². The second-order valence-corrected chi connectivity index (χ2v) is 10.0. The van der Waals surface area contributed by atoms with Crippen molar-refractivity contribution in [3.05, 3.63) is 41.3 Å². The van der Waals surface area contributed by atoms with E-state index in [4.69, 9.17) is 0 Å². The van der Waals surface area contributed by atoms with Crippen LogP contribution >= 0.6 is 23.1 Å². The van der Waals surface area contributed by atoms with Gasteiger partial charge >= 0.3 is 0 Å². The van der Waals surface area contributed by atoms with E-state index in [0.29, 0.717) is 6.04 Å². The van der Waals surface area contributed by atoms with Crippen LogP contribution in [-0.4, -0.2) is 29.7 Å². The number of fused-ring (bicyclic) bond motifs is 3. The molecule has 2 aliphatic rings. The van der Waals surface area contributed by atoms with Crippen LogP contribution in [0.15, 0.2) is 41.0 Å². The van der Waals surface area contributed by atoms with Crippen LogP contribution in [0.2, 0.25) is 0 Å². The molecule has 0 amide bonds. The van der Waals surface area contributed by atoms with E-state index >= 15 is 0 Å². The molecule has 0 bridgehead atoms. The van der Waals surface area contributed by atoms with Crippen LogP contribution in [0.3, 0.4) is 0 Å². The Morgan fingerprint density at radius 1 is 1.17 bits per heavy atom. The molecule has 0 unspecified atom stereocenters. The van der Waals surface area contributed by atoms with Gasteiger partial charge in [0, 0.05) is 34.3 Å². The van der Waals surface area contributed by atoms with Gasteiger partial charge < -0.3 is 0 Å². The topological polar surface area (TPSA) is 69.4 Å². The quantitative estimate of drug-likeness (QED) is 0.435. The van der Waals surface area contributed by atoms with E-state index < -0.39 is 0 Å². The zero-order valence-electron chi connectivity index (χ0n) is 16.1. The molecule has 4 aromatic heterocycles. The molecule has 2 aliphatic carbocycles. The molecule has 0 aliphatic heterocycles. The number of hydrogen-bond donors (Lipinski definition) is 0. The number of rotatable bonds is 4. The van der Waals surface area contributed by atoms with Crippen LogP contribution in [0.1, 0.15) is 42.7 Å². The highest BCUT2D eigenvalue weighted by Crippen LogP contribution is 2.45. The van der Waals surface area contributed by atoms with E-state index in [0.717, 1.165) is 45.2 Å². The SMILES string of the molecule is C[C@H]1CCc2c(sc3ncnc(Sc4nnc(-c5cccnc5)n4C4CC4)c23)C1. The minimum absolute atomic E-state index is 0.470. The molecule has 29 heavy (non-hydrogen) atoms. The largest absolute Gasteiger partial charge is 0.299 e. The van der Waals surface area contributed by atoms with Gasteiger partial charge in [0.15, 0.2) is 11.0 Å². The first-order chi connectivity index (χ1) is 14.3. The molecule has 146 valence electrons. The minimum atomic E-state index is 0.470. The molecular formula is C21H20N6S2. The Kier molecular flexibility index (Phi) is 4.16. The lowest BCUT2D eigenvalue weighted by Gasteiger charge is -2.18. The fourth-order valence-electron chi connectivity index (χ4n) is 4.11. The first kappa shape index (κ1) is 17.5. The van der Waals surface area contributed by atoms with Gasteiger partial charge in [-0.25, -0.2) is 9.97 Å². The van der Waals surface area contributed by atoms with Crippen molar-refractivity contribution in [1.82, 2.24) is 29.7 Å². The Bertz CT molecular complexity index is 1190. The van der Waals surface area contributed by atoms with E-state index in [1.807, 2.05) is 29.7 Å². The van der Waals surface area contributed by atoms with Crippen LogP contribution in [0.4, 0.5) is 0 Å². The fraction of sp³-hybridized carbons (Fsp3) is 0.381. The van der Waals surface area contributed by atoms with Crippen molar-refractivity contribution in [2.45, 2.75) is 55.3 Å². The second kappa shape index (κ2) is 6.88. The van der Waals surface area contributed by atoms with Crippen molar-refractivity contribution < 1.29 is 0 Å². The molecule has 8 heteroatoms. The van der Waals surface area contributed by atoms with E-state index in [-0.39, 0.29) is 0 Å². The normalized spacial score (nSPS) is 18.9. The summed E-state index contributed by atoms with van der Waals surface area (Å²) in [4.78, 5) is 16.1. The molecule has 4 heterocycles. The van der Waals surface area contributed by atoms with Crippen molar-refractivity contribution in [3.63, 3.8) is 0 Å². The third-order valence-corrected chi connectivity index (χ3v) is 7.87. The molecule has 0 saturated heterocycles. The second-order valence-electron chi connectivity index (χ2n) is 7.96. The zero-order valence-corrected chi connectivity index (χ0v) is 17.7. The minimum Gasteiger partial charge on any atom is -0.299 e. The van der Waals surface area contributed by atoms with Gasteiger partial charge in [-0.1, -0.05) is 6.92 Å². The van der Waals surface area contributed by atoms with Crippen LogP contribution < -0.4 is 0 Å². The van der Waals surface area contributed by atoms with Crippen LogP contribution in [0.5, 0.6) is 0 Å². The maximum absolute atomic E-state index is 4.67. The Morgan fingerprint density at radius 3 is 2.93 bits per heavy atom. The van der Waals surface area contributed by atoms with Crippen LogP contribution in [-0.2, 0) is 12.8 Å². The third kappa shape index (κ3) is 3.05. The molecule has 1 atom stereocenters. The third-order valence-electron chi connectivity index (χ3n) is 5.74. The number of aromatic nitrogens is 6. The lowest BCUT2D eigenvalue weighted by atomic mass is 9.89. The number of pyridine rings is 1. The lowest BCUT2D eigenvalue weighted by Crippen LogP contribution is -2.08. The average molecular weight is 421 g/mol. The highest BCUT2D eigenvalue weighted by molar-refractivity contribution is 7.99. The van der Waals surface area contributed by atoms with Gasteiger partial charge in [-0.15, -0.1) is 21.5 Å². The maximum Gasteiger partial charge on any atom is 0.198 e. The molecule has 6 nitrogen and oxygen atoms in total. The summed E-state index contributed by atoms with van der Waals surface area (Å²) < 4.78 is 2.27. The van der Waals surface area contributed by atoms with Crippen molar-refractivity contribution in [2.24, 2.45) is 5.92 Å². The summed E-state index contributed by atoms with van der Waals surface area (Å²) in [5.74, 6) is 1.65. The summed E-state index contributed by atoms with van der Waals surface area (Å²) in [6, 6.07) is 4.46. The van der Waals surface area contributed by atoms with Crippen LogP contribution in [0, 0.1) is 5.92 Å². The Morgan fingerprint density at radius 2 is 2.10 bits per heavy atom. The van der Waals surface area contributed by atoms with Gasteiger partial charge in [0.1, 0.15) is 16.2 Å². The predicted molar refractivity (Wildman–Crippen MR) is 114 cm³/mol.